The number of β-amino-alcohol motifs (C(OH)–C–C–N with tert-alkyl or cyclic N) is 1. The number of hydrogen-bond donors (Lipinski definition) is 1. The number of methoxy groups -OCH3 is 2. The van der Waals surface area contributed by atoms with Gasteiger partial charge in [0.2, 0.25) is 0 Å². The Bertz CT molecular complexity index is 791. The average Bonchev–Trinajstić information content (AvgIpc) is 2.65. The maximum atomic E-state index is 10.7. The van der Waals surface area contributed by atoms with E-state index in [4.69, 9.17) is 9.47 Å². The number of ether oxygens (including phenoxy) is 2. The second-order valence-corrected chi connectivity index (χ2v) is 6.29. The van der Waals surface area contributed by atoms with Gasteiger partial charge in [0.1, 0.15) is 11.5 Å². The molecule has 0 saturated heterocycles. The van der Waals surface area contributed by atoms with Crippen LogP contribution in [-0.2, 0) is 13.0 Å². The van der Waals surface area contributed by atoms with Gasteiger partial charge in [0, 0.05) is 42.9 Å². The zero-order valence-electron chi connectivity index (χ0n) is 14.8. The van der Waals surface area contributed by atoms with Crippen molar-refractivity contribution < 1.29 is 19.5 Å². The van der Waals surface area contributed by atoms with E-state index < -0.39 is 11.0 Å². The van der Waals surface area contributed by atoms with E-state index >= 15 is 0 Å². The summed E-state index contributed by atoms with van der Waals surface area (Å²) in [6, 6.07) is 10.2. The van der Waals surface area contributed by atoms with Gasteiger partial charge in [0.25, 0.3) is 5.69 Å². The van der Waals surface area contributed by atoms with Crippen LogP contribution in [0.4, 0.5) is 5.69 Å². The first kappa shape index (κ1) is 18.2. The van der Waals surface area contributed by atoms with E-state index in [0.717, 1.165) is 35.4 Å². The largest absolute Gasteiger partial charge is 0.496 e. The van der Waals surface area contributed by atoms with Crippen LogP contribution < -0.4 is 9.47 Å². The molecule has 7 heteroatoms. The van der Waals surface area contributed by atoms with Crippen LogP contribution in [0.5, 0.6) is 11.5 Å². The summed E-state index contributed by atoms with van der Waals surface area (Å²) in [5.74, 6) is 1.41. The predicted octanol–water partition coefficient (Wildman–Crippen LogP) is 2.70. The molecule has 7 nitrogen and oxygen atoms in total. The molecular formula is C19H22N2O5. The van der Waals surface area contributed by atoms with E-state index in [1.165, 1.54) is 12.1 Å². The van der Waals surface area contributed by atoms with Crippen LogP contribution in [0.1, 0.15) is 22.8 Å². The van der Waals surface area contributed by atoms with Crippen molar-refractivity contribution in [2.45, 2.75) is 19.1 Å². The van der Waals surface area contributed by atoms with Gasteiger partial charge in [-0.25, -0.2) is 0 Å². The average molecular weight is 358 g/mol. The minimum Gasteiger partial charge on any atom is -0.496 e. The molecule has 2 aromatic rings. The van der Waals surface area contributed by atoms with Gasteiger partial charge in [-0.15, -0.1) is 0 Å². The normalized spacial score (nSPS) is 16.8. The summed E-state index contributed by atoms with van der Waals surface area (Å²) in [5, 5.41) is 21.3. The third-order valence-corrected chi connectivity index (χ3v) is 4.72. The van der Waals surface area contributed by atoms with E-state index in [1.54, 1.807) is 26.4 Å². The minimum absolute atomic E-state index is 0.0907. The molecule has 1 atom stereocenters. The monoisotopic (exact) mass is 358 g/mol. The number of aliphatic hydroxyl groups excluding tert-OH is 1. The van der Waals surface area contributed by atoms with Crippen molar-refractivity contribution in [1.82, 2.24) is 4.90 Å². The van der Waals surface area contributed by atoms with E-state index in [2.05, 4.69) is 4.90 Å². The number of aliphatic hydroxyl groups is 1. The molecule has 0 amide bonds. The Morgan fingerprint density at radius 2 is 1.81 bits per heavy atom. The van der Waals surface area contributed by atoms with Gasteiger partial charge in [-0.1, -0.05) is 12.1 Å². The third-order valence-electron chi connectivity index (χ3n) is 4.72. The highest BCUT2D eigenvalue weighted by Gasteiger charge is 2.29. The molecule has 1 aliphatic heterocycles. The fourth-order valence-electron chi connectivity index (χ4n) is 3.39. The van der Waals surface area contributed by atoms with Crippen LogP contribution in [0.15, 0.2) is 36.4 Å². The van der Waals surface area contributed by atoms with Gasteiger partial charge in [-0.05, 0) is 24.1 Å². The van der Waals surface area contributed by atoms with Crippen molar-refractivity contribution in [3.05, 3.63) is 63.2 Å². The van der Waals surface area contributed by atoms with Gasteiger partial charge in [-0.2, -0.15) is 0 Å². The summed E-state index contributed by atoms with van der Waals surface area (Å²) in [6.45, 7) is 1.89. The second-order valence-electron chi connectivity index (χ2n) is 6.29. The van der Waals surface area contributed by atoms with Crippen molar-refractivity contribution >= 4 is 5.69 Å². The highest BCUT2D eigenvalue weighted by Crippen LogP contribution is 2.39. The smallest absolute Gasteiger partial charge is 0.269 e. The Labute approximate surface area is 151 Å². The molecule has 2 aromatic carbocycles. The molecule has 0 aromatic heterocycles. The number of rotatable bonds is 6. The lowest BCUT2D eigenvalue weighted by Crippen LogP contribution is -2.35. The molecule has 1 heterocycles. The SMILES string of the molecule is COc1ccc(OC)c2c1CN(CCc1ccc([N+](=O)[O-])cc1)C[C@H]2O. The van der Waals surface area contributed by atoms with E-state index in [1.807, 2.05) is 12.1 Å². The number of nitrogens with zero attached hydrogens (tertiary/aromatic N) is 2. The van der Waals surface area contributed by atoms with Gasteiger partial charge < -0.3 is 14.6 Å². The summed E-state index contributed by atoms with van der Waals surface area (Å²) >= 11 is 0. The van der Waals surface area contributed by atoms with Crippen molar-refractivity contribution in [2.24, 2.45) is 0 Å². The zero-order valence-corrected chi connectivity index (χ0v) is 14.8. The van der Waals surface area contributed by atoms with Crippen LogP contribution in [-0.4, -0.2) is 42.2 Å². The summed E-state index contributed by atoms with van der Waals surface area (Å²) in [7, 11) is 3.21. The van der Waals surface area contributed by atoms with Crippen molar-refractivity contribution in [3.8, 4) is 11.5 Å². The van der Waals surface area contributed by atoms with Gasteiger partial charge in [0.15, 0.2) is 0 Å². The lowest BCUT2D eigenvalue weighted by molar-refractivity contribution is -0.384. The molecule has 1 N–H and O–H groups in total. The van der Waals surface area contributed by atoms with Crippen LogP contribution >= 0.6 is 0 Å². The van der Waals surface area contributed by atoms with Gasteiger partial charge in [-0.3, -0.25) is 15.0 Å². The number of hydrogen-bond acceptors (Lipinski definition) is 6. The topological polar surface area (TPSA) is 85.1 Å². The number of non-ortho nitro benzene ring substituents is 1. The van der Waals surface area contributed by atoms with Crippen LogP contribution in [0.25, 0.3) is 0 Å². The molecule has 3 rings (SSSR count). The summed E-state index contributed by atoms with van der Waals surface area (Å²) in [5.41, 5.74) is 2.84. The Balaban J connectivity index is 1.73. The summed E-state index contributed by atoms with van der Waals surface area (Å²) in [4.78, 5) is 12.5. The van der Waals surface area contributed by atoms with E-state index in [0.29, 0.717) is 18.8 Å². The zero-order chi connectivity index (χ0) is 18.7. The molecule has 0 spiro atoms. The molecule has 1 aliphatic rings. The molecule has 0 aliphatic carbocycles. The Morgan fingerprint density at radius 3 is 2.42 bits per heavy atom. The number of benzene rings is 2. The van der Waals surface area contributed by atoms with Gasteiger partial charge in [0.05, 0.1) is 25.2 Å². The highest BCUT2D eigenvalue weighted by atomic mass is 16.6. The molecule has 0 bridgehead atoms. The number of nitro benzene ring substituents is 1. The number of nitro groups is 1. The molecule has 0 fully saturated rings. The first-order chi connectivity index (χ1) is 12.5. The Kier molecular flexibility index (Phi) is 5.39. The van der Waals surface area contributed by atoms with Crippen LogP contribution in [0.2, 0.25) is 0 Å². The Hall–Kier alpha value is -2.64. The molecule has 0 unspecified atom stereocenters. The minimum atomic E-state index is -0.652. The fourth-order valence-corrected chi connectivity index (χ4v) is 3.39. The van der Waals surface area contributed by atoms with Gasteiger partial charge >= 0.3 is 0 Å². The maximum Gasteiger partial charge on any atom is 0.269 e. The molecule has 0 radical (unpaired) electrons. The van der Waals surface area contributed by atoms with E-state index in [9.17, 15) is 15.2 Å². The summed E-state index contributed by atoms with van der Waals surface area (Å²) < 4.78 is 10.8. The lowest BCUT2D eigenvalue weighted by atomic mass is 9.95. The molecule has 26 heavy (non-hydrogen) atoms. The predicted molar refractivity (Wildman–Crippen MR) is 96.6 cm³/mol. The quantitative estimate of drug-likeness (QED) is 0.631. The number of fused-ring (bicyclic) bond motifs is 1. The molecular weight excluding hydrogens is 336 g/mol. The van der Waals surface area contributed by atoms with Crippen LogP contribution in [0.3, 0.4) is 0 Å². The first-order valence-corrected chi connectivity index (χ1v) is 8.41. The maximum absolute atomic E-state index is 10.7. The summed E-state index contributed by atoms with van der Waals surface area (Å²) in [6.07, 6.45) is 0.0902. The fraction of sp³-hybridized carbons (Fsp3) is 0.368. The van der Waals surface area contributed by atoms with Crippen LogP contribution in [0, 0.1) is 10.1 Å². The van der Waals surface area contributed by atoms with E-state index in [-0.39, 0.29) is 5.69 Å². The second kappa shape index (κ2) is 7.72. The lowest BCUT2D eigenvalue weighted by Gasteiger charge is -2.34. The standard InChI is InChI=1S/C19H22N2O5/c1-25-17-7-8-18(26-2)19-15(17)11-20(12-16(19)22)10-9-13-3-5-14(6-4-13)21(23)24/h3-8,16,22H,9-12H2,1-2H3/t16-/m1/s1. The van der Waals surface area contributed by atoms with Crippen molar-refractivity contribution in [1.29, 1.82) is 0 Å². The Morgan fingerprint density at radius 1 is 1.15 bits per heavy atom. The third kappa shape index (κ3) is 3.63. The first-order valence-electron chi connectivity index (χ1n) is 8.41. The highest BCUT2D eigenvalue weighted by molar-refractivity contribution is 5.51. The van der Waals surface area contributed by atoms with Crippen molar-refractivity contribution in [2.75, 3.05) is 27.3 Å². The molecule has 138 valence electrons. The molecule has 0 saturated carbocycles. The van der Waals surface area contributed by atoms with Crippen molar-refractivity contribution in [3.63, 3.8) is 0 Å².